The van der Waals surface area contributed by atoms with Crippen molar-refractivity contribution in [3.63, 3.8) is 0 Å². The van der Waals surface area contributed by atoms with Gasteiger partial charge in [-0.15, -0.1) is 0 Å². The van der Waals surface area contributed by atoms with Crippen LogP contribution in [0.4, 0.5) is 0 Å². The molecule has 0 saturated carbocycles. The van der Waals surface area contributed by atoms with E-state index in [2.05, 4.69) is 6.58 Å². The van der Waals surface area contributed by atoms with E-state index < -0.39 is 0 Å². The van der Waals surface area contributed by atoms with Crippen LogP contribution in [-0.4, -0.2) is 0 Å². The molecule has 0 heterocycles. The van der Waals surface area contributed by atoms with Crippen molar-refractivity contribution in [2.75, 3.05) is 0 Å². The van der Waals surface area contributed by atoms with E-state index in [0.29, 0.717) is 0 Å². The molecule has 0 nitrogen and oxygen atoms in total. The Hall–Kier alpha value is -2.08. The highest BCUT2D eigenvalue weighted by atomic mass is 13.8. The molecule has 0 spiro atoms. The average Bonchev–Trinajstić information content (AvgIpc) is 2.42. The summed E-state index contributed by atoms with van der Waals surface area (Å²) >= 11 is 0. The highest BCUT2D eigenvalue weighted by Crippen LogP contribution is 1.98. The summed E-state index contributed by atoms with van der Waals surface area (Å²) < 4.78 is 6.76. The Kier molecular flexibility index (Phi) is 4.73. The van der Waals surface area contributed by atoms with Crippen molar-refractivity contribution in [3.05, 3.63) is 84.9 Å². The van der Waals surface area contributed by atoms with Gasteiger partial charge >= 0.3 is 0 Å². The molecule has 0 aliphatic carbocycles. The third-order valence-corrected chi connectivity index (χ3v) is 2.03. The van der Waals surface area contributed by atoms with Gasteiger partial charge in [-0.25, -0.2) is 0 Å². The first kappa shape index (κ1) is 10.4. The Morgan fingerprint density at radius 2 is 1.19 bits per heavy atom. The van der Waals surface area contributed by atoms with Crippen LogP contribution in [0.5, 0.6) is 0 Å². The molecule has 0 atom stereocenters. The van der Waals surface area contributed by atoms with Crippen LogP contribution in [0.2, 0.25) is 0 Å². The van der Waals surface area contributed by atoms with Crippen molar-refractivity contribution >= 4 is 12.2 Å². The topological polar surface area (TPSA) is 0 Å². The molecule has 0 unspecified atom stereocenters. The minimum atomic E-state index is 1.08. The Morgan fingerprint density at radius 1 is 0.750 bits per heavy atom. The summed E-state index contributed by atoms with van der Waals surface area (Å²) in [5, 5.41) is 0. The van der Waals surface area contributed by atoms with Crippen molar-refractivity contribution in [2.24, 2.45) is 0 Å². The van der Waals surface area contributed by atoms with Crippen LogP contribution in [0.1, 0.15) is 12.5 Å². The predicted molar refractivity (Wildman–Crippen MR) is 73.1 cm³/mol. The van der Waals surface area contributed by atoms with Crippen LogP contribution < -0.4 is 0 Å². The molecule has 0 bridgehead atoms. The summed E-state index contributed by atoms with van der Waals surface area (Å²) in [5.74, 6) is 0. The molecule has 80 valence electrons. The van der Waals surface area contributed by atoms with E-state index >= 15 is 0 Å². The second-order valence-electron chi connectivity index (χ2n) is 3.19. The first-order valence-electron chi connectivity index (χ1n) is 5.72. The van der Waals surface area contributed by atoms with E-state index in [9.17, 15) is 0 Å². The SMILES string of the molecule is C=Cc1ccccc1.[2H]C=Cc1ccccc1. The second kappa shape index (κ2) is 7.24. The zero-order valence-corrected chi connectivity index (χ0v) is 9.21. The van der Waals surface area contributed by atoms with Gasteiger partial charge in [0.15, 0.2) is 0 Å². The van der Waals surface area contributed by atoms with Crippen molar-refractivity contribution in [3.8, 4) is 0 Å². The lowest BCUT2D eigenvalue weighted by atomic mass is 10.2. The molecule has 16 heavy (non-hydrogen) atoms. The largest absolute Gasteiger partial charge is 0.0985 e. The maximum atomic E-state index is 6.76. The van der Waals surface area contributed by atoms with Crippen LogP contribution in [0.25, 0.3) is 12.2 Å². The third kappa shape index (κ3) is 4.43. The lowest BCUT2D eigenvalue weighted by Crippen LogP contribution is -1.63. The van der Waals surface area contributed by atoms with Gasteiger partial charge in [-0.1, -0.05) is 85.9 Å². The lowest BCUT2D eigenvalue weighted by Gasteiger charge is -1.85. The van der Waals surface area contributed by atoms with Crippen molar-refractivity contribution in [1.29, 1.82) is 0 Å². The quantitative estimate of drug-likeness (QED) is 0.674. The second-order valence-corrected chi connectivity index (χ2v) is 3.19. The monoisotopic (exact) mass is 209 g/mol. The van der Waals surface area contributed by atoms with Gasteiger partial charge in [-0.2, -0.15) is 0 Å². The van der Waals surface area contributed by atoms with Crippen LogP contribution in [0.3, 0.4) is 0 Å². The number of hydrogen-bond acceptors (Lipinski definition) is 0. The summed E-state index contributed by atoms with van der Waals surface area (Å²) in [6, 6.07) is 19.8. The summed E-state index contributed by atoms with van der Waals surface area (Å²) in [5.41, 5.74) is 2.25. The summed E-state index contributed by atoms with van der Waals surface area (Å²) in [6.07, 6.45) is 3.58. The molecular formula is C16H16. The fraction of sp³-hybridized carbons (Fsp3) is 0. The summed E-state index contributed by atoms with van der Waals surface area (Å²) in [6.45, 7) is 4.92. The molecule has 0 amide bonds. The first-order valence-corrected chi connectivity index (χ1v) is 5.14. The zero-order valence-electron chi connectivity index (χ0n) is 10.2. The molecule has 0 heteroatoms. The van der Waals surface area contributed by atoms with Gasteiger partial charge in [-0.05, 0) is 11.1 Å². The van der Waals surface area contributed by atoms with E-state index in [4.69, 9.17) is 1.37 Å². The Labute approximate surface area is 99.0 Å². The van der Waals surface area contributed by atoms with Gasteiger partial charge < -0.3 is 0 Å². The van der Waals surface area contributed by atoms with Gasteiger partial charge in [0.1, 0.15) is 0 Å². The zero-order chi connectivity index (χ0) is 12.3. The van der Waals surface area contributed by atoms with E-state index in [1.807, 2.05) is 66.7 Å². The first-order chi connectivity index (χ1) is 8.36. The standard InChI is InChI=1S/2C8H8/c2*1-2-8-6-4-3-5-7-8/h2*2-7H,1H2/i1D;. The van der Waals surface area contributed by atoms with Crippen molar-refractivity contribution in [1.82, 2.24) is 0 Å². The van der Waals surface area contributed by atoms with Gasteiger partial charge in [0, 0.05) is 0 Å². The summed E-state index contributed by atoms with van der Waals surface area (Å²) in [4.78, 5) is 0. The highest BCUT2D eigenvalue weighted by molar-refractivity contribution is 5.46. The van der Waals surface area contributed by atoms with E-state index in [-0.39, 0.29) is 0 Å². The number of rotatable bonds is 2. The summed E-state index contributed by atoms with van der Waals surface area (Å²) in [7, 11) is 0. The molecule has 0 aromatic heterocycles. The Balaban J connectivity index is 0.000000171. The molecule has 0 aliphatic heterocycles. The fourth-order valence-electron chi connectivity index (χ4n) is 1.15. The minimum Gasteiger partial charge on any atom is -0.0985 e. The molecule has 2 aromatic carbocycles. The normalized spacial score (nSPS) is 10.1. The van der Waals surface area contributed by atoms with Crippen LogP contribution >= 0.6 is 0 Å². The highest BCUT2D eigenvalue weighted by Gasteiger charge is 1.76. The smallest absolute Gasteiger partial charge is 0.0538 e. The molecule has 0 aliphatic rings. The lowest BCUT2D eigenvalue weighted by molar-refractivity contribution is 1.67. The van der Waals surface area contributed by atoms with Gasteiger partial charge in [-0.3, -0.25) is 0 Å². The van der Waals surface area contributed by atoms with E-state index in [1.54, 1.807) is 6.08 Å². The molecule has 0 fully saturated rings. The van der Waals surface area contributed by atoms with Gasteiger partial charge in [0.25, 0.3) is 0 Å². The van der Waals surface area contributed by atoms with Crippen molar-refractivity contribution < 1.29 is 1.37 Å². The van der Waals surface area contributed by atoms with E-state index in [0.717, 1.165) is 5.56 Å². The third-order valence-electron chi connectivity index (χ3n) is 2.03. The molecule has 2 aromatic rings. The van der Waals surface area contributed by atoms with Crippen molar-refractivity contribution in [2.45, 2.75) is 0 Å². The van der Waals surface area contributed by atoms with Gasteiger partial charge in [0.05, 0.1) is 1.37 Å². The Bertz CT molecular complexity index is 443. The Morgan fingerprint density at radius 3 is 1.56 bits per heavy atom. The van der Waals surface area contributed by atoms with Crippen LogP contribution in [0.15, 0.2) is 73.8 Å². The maximum absolute atomic E-state index is 6.76. The predicted octanol–water partition coefficient (Wildman–Crippen LogP) is 4.66. The molecule has 0 radical (unpaired) electrons. The molecule has 0 N–H and O–H groups in total. The molecule has 2 rings (SSSR count). The van der Waals surface area contributed by atoms with Crippen LogP contribution in [-0.2, 0) is 0 Å². The molecule has 0 saturated heterocycles. The fourth-order valence-corrected chi connectivity index (χ4v) is 1.15. The maximum Gasteiger partial charge on any atom is 0.0538 e. The number of hydrogen-bond donors (Lipinski definition) is 0. The van der Waals surface area contributed by atoms with Gasteiger partial charge in [0.2, 0.25) is 0 Å². The average molecular weight is 209 g/mol. The van der Waals surface area contributed by atoms with E-state index in [1.165, 1.54) is 12.1 Å². The molecular weight excluding hydrogens is 192 g/mol. The minimum absolute atomic E-state index is 1.08. The number of benzene rings is 2. The van der Waals surface area contributed by atoms with Crippen LogP contribution in [0, 0.1) is 0 Å².